The van der Waals surface area contributed by atoms with E-state index >= 15 is 0 Å². The van der Waals surface area contributed by atoms with Crippen molar-refractivity contribution in [2.45, 2.75) is 13.8 Å². The summed E-state index contributed by atoms with van der Waals surface area (Å²) in [6.07, 6.45) is 0. The third-order valence-electron chi connectivity index (χ3n) is 10.6. The Hall–Kier alpha value is -6.64. The van der Waals surface area contributed by atoms with Gasteiger partial charge in [0.1, 0.15) is 11.0 Å². The Kier molecular flexibility index (Phi) is 9.92. The quantitative estimate of drug-likeness (QED) is 0.138. The van der Waals surface area contributed by atoms with E-state index in [1.165, 1.54) is 53.5 Å². The summed E-state index contributed by atoms with van der Waals surface area (Å²) in [7, 11) is 0. The number of aromatic nitrogens is 2. The van der Waals surface area contributed by atoms with Gasteiger partial charge in [-0.15, -0.1) is 22.7 Å². The minimum absolute atomic E-state index is 0.948. The first-order chi connectivity index (χ1) is 29.1. The molecule has 7 heteroatoms. The van der Waals surface area contributed by atoms with Gasteiger partial charge in [0.25, 0.3) is 0 Å². The number of rotatable bonds is 10. The molecule has 0 saturated heterocycles. The number of hydrogen-bond acceptors (Lipinski definition) is 7. The zero-order valence-corrected chi connectivity index (χ0v) is 34.9. The van der Waals surface area contributed by atoms with Crippen LogP contribution in [0.15, 0.2) is 194 Å². The molecule has 0 spiro atoms. The van der Waals surface area contributed by atoms with E-state index in [2.05, 4.69) is 218 Å². The fraction of sp³-hybridized carbons (Fsp3) is 0.0385. The van der Waals surface area contributed by atoms with Crippen LogP contribution in [0, 0.1) is 13.8 Å². The number of nitrogens with zero attached hydrogens (tertiary/aromatic N) is 4. The Morgan fingerprint density at radius 2 is 0.644 bits per heavy atom. The van der Waals surface area contributed by atoms with Gasteiger partial charge in [-0.25, -0.2) is 0 Å². The van der Waals surface area contributed by atoms with Crippen molar-refractivity contribution in [1.29, 1.82) is 0 Å². The maximum absolute atomic E-state index is 4.83. The van der Waals surface area contributed by atoms with Crippen LogP contribution in [0.3, 0.4) is 0 Å². The minimum atomic E-state index is 0.948. The molecule has 0 radical (unpaired) electrons. The summed E-state index contributed by atoms with van der Waals surface area (Å²) in [4.78, 5) is 9.40. The molecular weight excluding hydrogens is 777 g/mol. The Balaban J connectivity index is 0.902. The van der Waals surface area contributed by atoms with Crippen molar-refractivity contribution in [1.82, 2.24) is 8.75 Å². The zero-order valence-electron chi connectivity index (χ0n) is 32.5. The van der Waals surface area contributed by atoms with E-state index in [9.17, 15) is 0 Å². The monoisotopic (exact) mass is 814 g/mol. The number of para-hydroxylation sites is 2. The van der Waals surface area contributed by atoms with Crippen molar-refractivity contribution >= 4 is 79.6 Å². The highest BCUT2D eigenvalue weighted by Crippen LogP contribution is 2.44. The lowest BCUT2D eigenvalue weighted by Crippen LogP contribution is -2.09. The molecule has 284 valence electrons. The normalized spacial score (nSPS) is 11.2. The van der Waals surface area contributed by atoms with Gasteiger partial charge in [-0.2, -0.15) is 8.75 Å². The molecule has 0 atom stereocenters. The van der Waals surface area contributed by atoms with Gasteiger partial charge in [0.2, 0.25) is 0 Å². The second-order valence-corrected chi connectivity index (χ2v) is 17.3. The van der Waals surface area contributed by atoms with E-state index < -0.39 is 0 Å². The summed E-state index contributed by atoms with van der Waals surface area (Å²) in [5.41, 5.74) is 15.8. The molecule has 0 fully saturated rings. The highest BCUT2D eigenvalue weighted by molar-refractivity contribution is 7.19. The number of aryl methyl sites for hydroxylation is 2. The van der Waals surface area contributed by atoms with Crippen LogP contribution in [0.1, 0.15) is 11.1 Å². The smallest absolute Gasteiger partial charge is 0.114 e. The summed E-state index contributed by atoms with van der Waals surface area (Å²) >= 11 is 4.86. The van der Waals surface area contributed by atoms with Crippen molar-refractivity contribution < 1.29 is 0 Å². The molecule has 10 rings (SSSR count). The van der Waals surface area contributed by atoms with Gasteiger partial charge in [0.05, 0.1) is 11.7 Å². The molecule has 0 aliphatic rings. The average Bonchev–Trinajstić information content (AvgIpc) is 4.09. The highest BCUT2D eigenvalue weighted by atomic mass is 32.1. The van der Waals surface area contributed by atoms with Crippen LogP contribution in [0.25, 0.3) is 52.8 Å². The molecule has 4 nitrogen and oxygen atoms in total. The van der Waals surface area contributed by atoms with Crippen LogP contribution in [0.5, 0.6) is 0 Å². The summed E-state index contributed by atoms with van der Waals surface area (Å²) in [5, 5.41) is 0. The first-order valence-corrected chi connectivity index (χ1v) is 21.9. The number of hydrogen-bond donors (Lipinski definition) is 0. The van der Waals surface area contributed by atoms with Crippen LogP contribution < -0.4 is 9.80 Å². The number of anilines is 6. The zero-order chi connectivity index (χ0) is 39.7. The lowest BCUT2D eigenvalue weighted by atomic mass is 10.1. The lowest BCUT2D eigenvalue weighted by Gasteiger charge is -2.25. The number of benzene rings is 7. The van der Waals surface area contributed by atoms with Gasteiger partial charge in [-0.3, -0.25) is 0 Å². The summed E-state index contributed by atoms with van der Waals surface area (Å²) in [5.74, 6) is 0. The average molecular weight is 815 g/mol. The molecule has 0 N–H and O–H groups in total. The lowest BCUT2D eigenvalue weighted by molar-refractivity contribution is 1.28. The molecule has 7 aromatic carbocycles. The summed E-state index contributed by atoms with van der Waals surface area (Å²) < 4.78 is 9.67. The summed E-state index contributed by atoms with van der Waals surface area (Å²) in [6.45, 7) is 4.25. The van der Waals surface area contributed by atoms with Crippen molar-refractivity contribution in [2.24, 2.45) is 0 Å². The Bertz CT molecular complexity index is 2780. The van der Waals surface area contributed by atoms with Crippen LogP contribution in [0.2, 0.25) is 0 Å². The predicted octanol–water partition coefficient (Wildman–Crippen LogP) is 16.0. The van der Waals surface area contributed by atoms with Gasteiger partial charge in [-0.05, 0) is 122 Å². The Labute approximate surface area is 356 Å². The second-order valence-electron chi connectivity index (χ2n) is 14.6. The third kappa shape index (κ3) is 7.36. The van der Waals surface area contributed by atoms with E-state index in [4.69, 9.17) is 8.75 Å². The third-order valence-corrected chi connectivity index (χ3v) is 13.5. The molecule has 0 bridgehead atoms. The molecule has 0 unspecified atom stereocenters. The van der Waals surface area contributed by atoms with Crippen LogP contribution in [-0.2, 0) is 0 Å². The maximum atomic E-state index is 4.83. The Morgan fingerprint density at radius 1 is 0.322 bits per heavy atom. The van der Waals surface area contributed by atoms with E-state index in [1.807, 2.05) is 0 Å². The molecule has 0 aliphatic heterocycles. The van der Waals surface area contributed by atoms with Crippen molar-refractivity contribution in [3.8, 4) is 41.8 Å². The van der Waals surface area contributed by atoms with Crippen molar-refractivity contribution in [2.75, 3.05) is 9.80 Å². The molecule has 10 aromatic rings. The van der Waals surface area contributed by atoms with Gasteiger partial charge >= 0.3 is 0 Å². The molecule has 0 aliphatic carbocycles. The Morgan fingerprint density at radius 3 is 1.02 bits per heavy atom. The molecule has 0 amide bonds. The summed E-state index contributed by atoms with van der Waals surface area (Å²) in [6, 6.07) is 69.6. The van der Waals surface area contributed by atoms with Gasteiger partial charge in [-0.1, -0.05) is 108 Å². The van der Waals surface area contributed by atoms with E-state index in [0.29, 0.717) is 0 Å². The molecule has 3 aromatic heterocycles. The van der Waals surface area contributed by atoms with Crippen molar-refractivity contribution in [3.05, 3.63) is 205 Å². The topological polar surface area (TPSA) is 32.3 Å². The van der Waals surface area contributed by atoms with Crippen LogP contribution in [-0.4, -0.2) is 8.75 Å². The molecule has 0 saturated carbocycles. The standard InChI is InChI=1S/C52H38N4S3/c1-35-13-21-41(22-14-35)55(39-9-5-3-6-10-39)43-25-17-37(18-26-43)47-31-33-49(57-47)45-29-30-46(52-51(45)53-59-54-52)50-34-32-48(58-50)38-19-27-44(28-20-38)56(40-11-7-4-8-12-40)42-23-15-36(2)16-24-42/h3-34H,1-2H3. The van der Waals surface area contributed by atoms with E-state index in [0.717, 1.165) is 56.3 Å². The van der Waals surface area contributed by atoms with Gasteiger partial charge in [0, 0.05) is 64.8 Å². The first kappa shape index (κ1) is 36.7. The van der Waals surface area contributed by atoms with E-state index in [-0.39, 0.29) is 0 Å². The molecule has 3 heterocycles. The second kappa shape index (κ2) is 16.0. The molecular formula is C52H38N4S3. The maximum Gasteiger partial charge on any atom is 0.114 e. The fourth-order valence-electron chi connectivity index (χ4n) is 7.53. The van der Waals surface area contributed by atoms with Gasteiger partial charge < -0.3 is 9.80 Å². The SMILES string of the molecule is Cc1ccc(N(c2ccccc2)c2ccc(-c3ccc(-c4ccc(-c5ccc(-c6ccc(N(c7ccccc7)c7ccc(C)cc7)cc6)s5)c5nsnc45)s3)cc2)cc1. The van der Waals surface area contributed by atoms with E-state index in [1.54, 1.807) is 22.7 Å². The first-order valence-electron chi connectivity index (χ1n) is 19.6. The van der Waals surface area contributed by atoms with Crippen LogP contribution in [0.4, 0.5) is 34.1 Å². The van der Waals surface area contributed by atoms with Gasteiger partial charge in [0.15, 0.2) is 0 Å². The highest BCUT2D eigenvalue weighted by Gasteiger charge is 2.18. The molecule has 59 heavy (non-hydrogen) atoms. The fourth-order valence-corrected chi connectivity index (χ4v) is 10.2. The number of thiophene rings is 2. The number of fused-ring (bicyclic) bond motifs is 1. The van der Waals surface area contributed by atoms with Crippen LogP contribution >= 0.6 is 34.4 Å². The largest absolute Gasteiger partial charge is 0.311 e. The minimum Gasteiger partial charge on any atom is -0.311 e. The predicted molar refractivity (Wildman–Crippen MR) is 254 cm³/mol. The van der Waals surface area contributed by atoms with Crippen molar-refractivity contribution in [3.63, 3.8) is 0 Å².